The third kappa shape index (κ3) is 5.68. The maximum Gasteiger partial charge on any atom is 0.225 e. The summed E-state index contributed by atoms with van der Waals surface area (Å²) in [5.74, 6) is -0.0490. The van der Waals surface area contributed by atoms with Crippen LogP contribution in [-0.4, -0.2) is 19.0 Å². The molecule has 2 aromatic rings. The van der Waals surface area contributed by atoms with Crippen molar-refractivity contribution >= 4 is 34.8 Å². The van der Waals surface area contributed by atoms with Crippen LogP contribution in [-0.2, 0) is 11.2 Å². The van der Waals surface area contributed by atoms with Gasteiger partial charge in [0.2, 0.25) is 5.91 Å². The van der Waals surface area contributed by atoms with Crippen molar-refractivity contribution in [1.82, 2.24) is 5.32 Å². The standard InChI is InChI=1S/C17H18Cl2N2O/c18-14-7-5-13(6-8-14)9-11-20-12-10-17(22)21-16-4-2-1-3-15(16)19/h1-8,20H,9-12H2,(H,21,22). The summed E-state index contributed by atoms with van der Waals surface area (Å²) in [6.45, 7) is 1.45. The predicted octanol–water partition coefficient (Wildman–Crippen LogP) is 4.15. The third-order valence-corrected chi connectivity index (χ3v) is 3.76. The Morgan fingerprint density at radius 3 is 2.41 bits per heavy atom. The second kappa shape index (κ2) is 8.79. The zero-order chi connectivity index (χ0) is 15.8. The molecule has 0 saturated carbocycles. The smallest absolute Gasteiger partial charge is 0.225 e. The first-order valence-electron chi connectivity index (χ1n) is 7.15. The number of anilines is 1. The zero-order valence-corrected chi connectivity index (χ0v) is 13.6. The van der Waals surface area contributed by atoms with E-state index in [-0.39, 0.29) is 5.91 Å². The van der Waals surface area contributed by atoms with Gasteiger partial charge in [0.1, 0.15) is 0 Å². The Morgan fingerprint density at radius 2 is 1.68 bits per heavy atom. The molecule has 0 atom stereocenters. The van der Waals surface area contributed by atoms with Crippen LogP contribution >= 0.6 is 23.2 Å². The van der Waals surface area contributed by atoms with E-state index in [0.717, 1.165) is 18.0 Å². The van der Waals surface area contributed by atoms with Gasteiger partial charge in [0.15, 0.2) is 0 Å². The van der Waals surface area contributed by atoms with Crippen molar-refractivity contribution in [3.63, 3.8) is 0 Å². The molecule has 0 fully saturated rings. The predicted molar refractivity (Wildman–Crippen MR) is 92.7 cm³/mol. The van der Waals surface area contributed by atoms with E-state index >= 15 is 0 Å². The second-order valence-electron chi connectivity index (χ2n) is 4.90. The van der Waals surface area contributed by atoms with Gasteiger partial charge in [0.25, 0.3) is 0 Å². The lowest BCUT2D eigenvalue weighted by molar-refractivity contribution is -0.116. The fourth-order valence-electron chi connectivity index (χ4n) is 1.99. The monoisotopic (exact) mass is 336 g/mol. The third-order valence-electron chi connectivity index (χ3n) is 3.18. The molecule has 0 bridgehead atoms. The van der Waals surface area contributed by atoms with Crippen LogP contribution < -0.4 is 10.6 Å². The molecule has 0 spiro atoms. The summed E-state index contributed by atoms with van der Waals surface area (Å²) in [6, 6.07) is 15.0. The summed E-state index contributed by atoms with van der Waals surface area (Å²) in [5, 5.41) is 7.34. The first-order chi connectivity index (χ1) is 10.6. The van der Waals surface area contributed by atoms with Crippen LogP contribution in [0.4, 0.5) is 5.69 Å². The van der Waals surface area contributed by atoms with Gasteiger partial charge in [0, 0.05) is 18.0 Å². The van der Waals surface area contributed by atoms with Gasteiger partial charge in [-0.3, -0.25) is 4.79 Å². The number of para-hydroxylation sites is 1. The molecular formula is C17H18Cl2N2O. The molecule has 1 amide bonds. The van der Waals surface area contributed by atoms with Crippen LogP contribution in [0.15, 0.2) is 48.5 Å². The number of benzene rings is 2. The fraction of sp³-hybridized carbons (Fsp3) is 0.235. The van der Waals surface area contributed by atoms with E-state index in [4.69, 9.17) is 23.2 Å². The first kappa shape index (κ1) is 16.8. The van der Waals surface area contributed by atoms with Gasteiger partial charge in [-0.2, -0.15) is 0 Å². The average Bonchev–Trinajstić information content (AvgIpc) is 2.51. The number of nitrogens with one attached hydrogen (secondary N) is 2. The summed E-state index contributed by atoms with van der Waals surface area (Å²) < 4.78 is 0. The minimum atomic E-state index is -0.0490. The largest absolute Gasteiger partial charge is 0.325 e. The molecule has 2 aromatic carbocycles. The SMILES string of the molecule is O=C(CCNCCc1ccc(Cl)cc1)Nc1ccccc1Cl. The highest BCUT2D eigenvalue weighted by atomic mass is 35.5. The quantitative estimate of drug-likeness (QED) is 0.745. The van der Waals surface area contributed by atoms with E-state index < -0.39 is 0 Å². The van der Waals surface area contributed by atoms with Gasteiger partial charge >= 0.3 is 0 Å². The van der Waals surface area contributed by atoms with Crippen molar-refractivity contribution in [3.05, 3.63) is 64.1 Å². The van der Waals surface area contributed by atoms with E-state index in [1.165, 1.54) is 5.56 Å². The fourth-order valence-corrected chi connectivity index (χ4v) is 2.29. The van der Waals surface area contributed by atoms with Crippen LogP contribution in [0.2, 0.25) is 10.0 Å². The number of hydrogen-bond donors (Lipinski definition) is 2. The zero-order valence-electron chi connectivity index (χ0n) is 12.1. The molecule has 116 valence electrons. The molecule has 0 aromatic heterocycles. The molecule has 0 heterocycles. The summed E-state index contributed by atoms with van der Waals surface area (Å²) >= 11 is 11.8. The molecule has 3 nitrogen and oxygen atoms in total. The number of carbonyl (C=O) groups excluding carboxylic acids is 1. The highest BCUT2D eigenvalue weighted by Crippen LogP contribution is 2.20. The van der Waals surface area contributed by atoms with E-state index in [9.17, 15) is 4.79 Å². The average molecular weight is 337 g/mol. The van der Waals surface area contributed by atoms with Crippen molar-refractivity contribution in [3.8, 4) is 0 Å². The van der Waals surface area contributed by atoms with Crippen LogP contribution in [0, 0.1) is 0 Å². The summed E-state index contributed by atoms with van der Waals surface area (Å²) in [7, 11) is 0. The number of amides is 1. The Labute approximate surface area is 140 Å². The van der Waals surface area contributed by atoms with Crippen LogP contribution in [0.25, 0.3) is 0 Å². The molecule has 0 aliphatic heterocycles. The molecular weight excluding hydrogens is 319 g/mol. The topological polar surface area (TPSA) is 41.1 Å². The van der Waals surface area contributed by atoms with Gasteiger partial charge in [-0.05, 0) is 42.8 Å². The second-order valence-corrected chi connectivity index (χ2v) is 5.75. The van der Waals surface area contributed by atoms with Crippen LogP contribution in [0.3, 0.4) is 0 Å². The highest BCUT2D eigenvalue weighted by molar-refractivity contribution is 6.33. The molecule has 22 heavy (non-hydrogen) atoms. The summed E-state index contributed by atoms with van der Waals surface area (Å²) in [4.78, 5) is 11.8. The molecule has 5 heteroatoms. The van der Waals surface area contributed by atoms with Crippen molar-refractivity contribution in [2.24, 2.45) is 0 Å². The van der Waals surface area contributed by atoms with Crippen LogP contribution in [0.5, 0.6) is 0 Å². The molecule has 0 unspecified atom stereocenters. The van der Waals surface area contributed by atoms with E-state index in [1.807, 2.05) is 36.4 Å². The van der Waals surface area contributed by atoms with Crippen molar-refractivity contribution in [1.29, 1.82) is 0 Å². The Bertz CT molecular complexity index is 614. The molecule has 2 rings (SSSR count). The van der Waals surface area contributed by atoms with Gasteiger partial charge in [0.05, 0.1) is 10.7 Å². The lowest BCUT2D eigenvalue weighted by Crippen LogP contribution is -2.23. The molecule has 0 aliphatic rings. The normalized spacial score (nSPS) is 10.5. The van der Waals surface area contributed by atoms with Crippen molar-refractivity contribution in [2.45, 2.75) is 12.8 Å². The highest BCUT2D eigenvalue weighted by Gasteiger charge is 2.04. The number of halogens is 2. The van der Waals surface area contributed by atoms with Crippen LogP contribution in [0.1, 0.15) is 12.0 Å². The van der Waals surface area contributed by atoms with E-state index in [0.29, 0.717) is 23.7 Å². The minimum absolute atomic E-state index is 0.0490. The molecule has 0 aliphatic carbocycles. The Balaban J connectivity index is 1.63. The van der Waals surface area contributed by atoms with Crippen molar-refractivity contribution < 1.29 is 4.79 Å². The maximum atomic E-state index is 11.8. The first-order valence-corrected chi connectivity index (χ1v) is 7.90. The molecule has 0 radical (unpaired) electrons. The summed E-state index contributed by atoms with van der Waals surface area (Å²) in [5.41, 5.74) is 1.87. The van der Waals surface area contributed by atoms with Gasteiger partial charge in [-0.25, -0.2) is 0 Å². The lowest BCUT2D eigenvalue weighted by Gasteiger charge is -2.08. The number of hydrogen-bond acceptors (Lipinski definition) is 2. The van der Waals surface area contributed by atoms with Gasteiger partial charge in [-0.1, -0.05) is 47.5 Å². The Morgan fingerprint density at radius 1 is 0.955 bits per heavy atom. The molecule has 2 N–H and O–H groups in total. The molecule has 0 saturated heterocycles. The maximum absolute atomic E-state index is 11.8. The Kier molecular flexibility index (Phi) is 6.72. The van der Waals surface area contributed by atoms with E-state index in [2.05, 4.69) is 10.6 Å². The van der Waals surface area contributed by atoms with Gasteiger partial charge < -0.3 is 10.6 Å². The van der Waals surface area contributed by atoms with E-state index in [1.54, 1.807) is 12.1 Å². The minimum Gasteiger partial charge on any atom is -0.325 e. The van der Waals surface area contributed by atoms with Crippen molar-refractivity contribution in [2.75, 3.05) is 18.4 Å². The lowest BCUT2D eigenvalue weighted by atomic mass is 10.1. The Hall–Kier alpha value is -1.55. The number of rotatable bonds is 7. The summed E-state index contributed by atoms with van der Waals surface area (Å²) in [6.07, 6.45) is 1.31. The van der Waals surface area contributed by atoms with Gasteiger partial charge in [-0.15, -0.1) is 0 Å². The number of carbonyl (C=O) groups is 1.